The first-order valence-electron chi connectivity index (χ1n) is 9.58. The summed E-state index contributed by atoms with van der Waals surface area (Å²) in [5, 5.41) is 7.12. The molecular weight excluding hydrogens is 286 g/mol. The predicted octanol–water partition coefficient (Wildman–Crippen LogP) is 1.75. The fourth-order valence-electron chi connectivity index (χ4n) is 3.82. The van der Waals surface area contributed by atoms with Crippen LogP contribution in [0.1, 0.15) is 47.5 Å². The van der Waals surface area contributed by atoms with Crippen LogP contribution >= 0.6 is 0 Å². The average Bonchev–Trinajstić information content (AvgIpc) is 3.11. The highest BCUT2D eigenvalue weighted by molar-refractivity contribution is 5.80. The Morgan fingerprint density at radius 3 is 2.65 bits per heavy atom. The van der Waals surface area contributed by atoms with E-state index in [-0.39, 0.29) is 0 Å². The highest BCUT2D eigenvalue weighted by Gasteiger charge is 2.31. The van der Waals surface area contributed by atoms with Gasteiger partial charge in [-0.25, -0.2) is 0 Å². The second kappa shape index (κ2) is 8.88. The Labute approximate surface area is 142 Å². The zero-order chi connectivity index (χ0) is 16.8. The highest BCUT2D eigenvalue weighted by Crippen LogP contribution is 2.19. The number of hydrogen-bond donors (Lipinski definition) is 2. The van der Waals surface area contributed by atoms with E-state index in [1.54, 1.807) is 0 Å². The summed E-state index contributed by atoms with van der Waals surface area (Å²) in [5.74, 6) is 1.66. The van der Waals surface area contributed by atoms with Crippen molar-refractivity contribution in [1.29, 1.82) is 0 Å². The lowest BCUT2D eigenvalue weighted by Gasteiger charge is -2.24. The van der Waals surface area contributed by atoms with Crippen molar-refractivity contribution in [3.63, 3.8) is 0 Å². The number of guanidine groups is 1. The SMILES string of the molecule is CCNC(=NCC1CCCN1CC)NC1CN(C(C)C)CC1C. The fraction of sp³-hybridized carbons (Fsp3) is 0.944. The van der Waals surface area contributed by atoms with Crippen molar-refractivity contribution in [1.82, 2.24) is 20.4 Å². The number of hydrogen-bond acceptors (Lipinski definition) is 3. The topological polar surface area (TPSA) is 42.9 Å². The second-order valence-electron chi connectivity index (χ2n) is 7.42. The normalized spacial score (nSPS) is 30.3. The van der Waals surface area contributed by atoms with E-state index in [9.17, 15) is 0 Å². The molecule has 2 fully saturated rings. The Balaban J connectivity index is 1.91. The Morgan fingerprint density at radius 1 is 1.26 bits per heavy atom. The predicted molar refractivity (Wildman–Crippen MR) is 99.0 cm³/mol. The van der Waals surface area contributed by atoms with Crippen LogP contribution in [-0.2, 0) is 0 Å². The van der Waals surface area contributed by atoms with Crippen LogP contribution in [0.2, 0.25) is 0 Å². The largest absolute Gasteiger partial charge is 0.357 e. The second-order valence-corrected chi connectivity index (χ2v) is 7.42. The molecule has 0 aromatic carbocycles. The van der Waals surface area contributed by atoms with E-state index in [4.69, 9.17) is 4.99 Å². The molecule has 2 heterocycles. The van der Waals surface area contributed by atoms with Crippen LogP contribution in [0.25, 0.3) is 0 Å². The summed E-state index contributed by atoms with van der Waals surface area (Å²) in [6.45, 7) is 17.8. The van der Waals surface area contributed by atoms with Crippen molar-refractivity contribution in [3.05, 3.63) is 0 Å². The molecule has 0 spiro atoms. The molecule has 2 N–H and O–H groups in total. The maximum absolute atomic E-state index is 4.90. The van der Waals surface area contributed by atoms with E-state index in [1.807, 2.05) is 0 Å². The molecule has 5 heteroatoms. The number of nitrogens with one attached hydrogen (secondary N) is 2. The molecule has 23 heavy (non-hydrogen) atoms. The van der Waals surface area contributed by atoms with Crippen LogP contribution in [-0.4, -0.2) is 73.2 Å². The molecule has 5 nitrogen and oxygen atoms in total. The molecule has 3 unspecified atom stereocenters. The van der Waals surface area contributed by atoms with E-state index < -0.39 is 0 Å². The number of likely N-dealkylation sites (N-methyl/N-ethyl adjacent to an activating group) is 1. The summed E-state index contributed by atoms with van der Waals surface area (Å²) in [6.07, 6.45) is 2.61. The lowest BCUT2D eigenvalue weighted by molar-refractivity contribution is 0.265. The fourth-order valence-corrected chi connectivity index (χ4v) is 3.82. The number of aliphatic imine (C=N–C) groups is 1. The first kappa shape index (κ1) is 18.5. The summed E-state index contributed by atoms with van der Waals surface area (Å²) in [5.41, 5.74) is 0. The Kier molecular flexibility index (Phi) is 7.15. The lowest BCUT2D eigenvalue weighted by atomic mass is 10.1. The molecule has 2 saturated heterocycles. The van der Waals surface area contributed by atoms with Crippen LogP contribution < -0.4 is 10.6 Å². The smallest absolute Gasteiger partial charge is 0.191 e. The van der Waals surface area contributed by atoms with E-state index in [0.29, 0.717) is 24.0 Å². The molecule has 0 aliphatic carbocycles. The summed E-state index contributed by atoms with van der Waals surface area (Å²) in [6, 6.07) is 1.75. The highest BCUT2D eigenvalue weighted by atomic mass is 15.3. The van der Waals surface area contributed by atoms with Crippen molar-refractivity contribution in [2.75, 3.05) is 39.3 Å². The third kappa shape index (κ3) is 5.08. The van der Waals surface area contributed by atoms with Crippen molar-refractivity contribution in [3.8, 4) is 0 Å². The van der Waals surface area contributed by atoms with E-state index in [1.165, 1.54) is 25.9 Å². The van der Waals surface area contributed by atoms with Gasteiger partial charge in [-0.1, -0.05) is 13.8 Å². The molecule has 134 valence electrons. The Morgan fingerprint density at radius 2 is 2.04 bits per heavy atom. The number of likely N-dealkylation sites (tertiary alicyclic amines) is 2. The van der Waals surface area contributed by atoms with E-state index >= 15 is 0 Å². The molecule has 0 aromatic rings. The van der Waals surface area contributed by atoms with Crippen molar-refractivity contribution in [2.24, 2.45) is 10.9 Å². The van der Waals surface area contributed by atoms with Gasteiger partial charge in [-0.3, -0.25) is 14.8 Å². The van der Waals surface area contributed by atoms with Gasteiger partial charge in [0.25, 0.3) is 0 Å². The Hall–Kier alpha value is -0.810. The van der Waals surface area contributed by atoms with E-state index in [0.717, 1.165) is 32.1 Å². The molecule has 3 atom stereocenters. The summed E-state index contributed by atoms with van der Waals surface area (Å²) in [4.78, 5) is 10.0. The van der Waals surface area contributed by atoms with Crippen molar-refractivity contribution >= 4 is 5.96 Å². The van der Waals surface area contributed by atoms with Gasteiger partial charge in [-0.05, 0) is 52.6 Å². The third-order valence-corrected chi connectivity index (χ3v) is 5.40. The quantitative estimate of drug-likeness (QED) is 0.577. The first-order chi connectivity index (χ1) is 11.0. The van der Waals surface area contributed by atoms with Gasteiger partial charge in [0.1, 0.15) is 0 Å². The molecule has 2 aliphatic heterocycles. The molecule has 0 saturated carbocycles. The summed E-state index contributed by atoms with van der Waals surface area (Å²) in [7, 11) is 0. The van der Waals surface area contributed by atoms with Gasteiger partial charge in [-0.15, -0.1) is 0 Å². The first-order valence-corrected chi connectivity index (χ1v) is 9.58. The van der Waals surface area contributed by atoms with Crippen LogP contribution in [0.5, 0.6) is 0 Å². The van der Waals surface area contributed by atoms with Crippen LogP contribution in [0.3, 0.4) is 0 Å². The molecule has 0 radical (unpaired) electrons. The van der Waals surface area contributed by atoms with Gasteiger partial charge in [-0.2, -0.15) is 0 Å². The maximum Gasteiger partial charge on any atom is 0.191 e. The standard InChI is InChI=1S/C18H37N5/c1-6-19-18(20-11-16-9-8-10-22(16)7-2)21-17-13-23(14(3)4)12-15(17)5/h14-17H,6-13H2,1-5H3,(H2,19,20,21). The molecule has 0 amide bonds. The zero-order valence-electron chi connectivity index (χ0n) is 15.8. The molecule has 0 bridgehead atoms. The van der Waals surface area contributed by atoms with Gasteiger partial charge in [0.15, 0.2) is 5.96 Å². The number of rotatable bonds is 6. The average molecular weight is 324 g/mol. The van der Waals surface area contributed by atoms with Gasteiger partial charge in [0, 0.05) is 37.8 Å². The summed E-state index contributed by atoms with van der Waals surface area (Å²) < 4.78 is 0. The lowest BCUT2D eigenvalue weighted by Crippen LogP contribution is -2.47. The van der Waals surface area contributed by atoms with Gasteiger partial charge in [0.2, 0.25) is 0 Å². The van der Waals surface area contributed by atoms with Crippen LogP contribution in [0, 0.1) is 5.92 Å². The Bertz CT molecular complexity index is 382. The minimum Gasteiger partial charge on any atom is -0.357 e. The van der Waals surface area contributed by atoms with Crippen molar-refractivity contribution in [2.45, 2.75) is 65.6 Å². The van der Waals surface area contributed by atoms with Gasteiger partial charge >= 0.3 is 0 Å². The third-order valence-electron chi connectivity index (χ3n) is 5.40. The minimum atomic E-state index is 0.501. The molecule has 2 aliphatic rings. The monoisotopic (exact) mass is 323 g/mol. The van der Waals surface area contributed by atoms with Crippen molar-refractivity contribution < 1.29 is 0 Å². The van der Waals surface area contributed by atoms with Crippen LogP contribution in [0.15, 0.2) is 4.99 Å². The van der Waals surface area contributed by atoms with Gasteiger partial charge < -0.3 is 10.6 Å². The number of nitrogens with zero attached hydrogens (tertiary/aromatic N) is 3. The van der Waals surface area contributed by atoms with Crippen LogP contribution in [0.4, 0.5) is 0 Å². The molecule has 0 aromatic heterocycles. The minimum absolute atomic E-state index is 0.501. The zero-order valence-corrected chi connectivity index (χ0v) is 15.8. The molecule has 2 rings (SSSR count). The maximum atomic E-state index is 4.90. The van der Waals surface area contributed by atoms with Gasteiger partial charge in [0.05, 0.1) is 6.54 Å². The van der Waals surface area contributed by atoms with E-state index in [2.05, 4.69) is 55.1 Å². The molecular formula is C18H37N5. The summed E-state index contributed by atoms with van der Waals surface area (Å²) >= 11 is 0.